The fraction of sp³-hybridized carbons (Fsp3) is 0.435. The first kappa shape index (κ1) is 20.4. The molecule has 0 aromatic heterocycles. The molecule has 1 aliphatic rings. The van der Waals surface area contributed by atoms with Crippen molar-refractivity contribution >= 4 is 5.91 Å². The topological polar surface area (TPSA) is 50.8 Å². The smallest absolute Gasteiger partial charge is 0.251 e. The van der Waals surface area contributed by atoms with E-state index in [4.69, 9.17) is 9.47 Å². The van der Waals surface area contributed by atoms with Gasteiger partial charge in [0.1, 0.15) is 5.75 Å². The molecular weight excluding hydrogens is 352 g/mol. The van der Waals surface area contributed by atoms with Crippen molar-refractivity contribution in [3.63, 3.8) is 0 Å². The molecule has 1 saturated heterocycles. The Morgan fingerprint density at radius 2 is 1.79 bits per heavy atom. The summed E-state index contributed by atoms with van der Waals surface area (Å²) in [4.78, 5) is 15.1. The normalized spacial score (nSPS) is 16.0. The maximum atomic E-state index is 12.7. The minimum Gasteiger partial charge on any atom is -0.497 e. The molecule has 1 amide bonds. The van der Waals surface area contributed by atoms with E-state index < -0.39 is 0 Å². The van der Waals surface area contributed by atoms with Crippen LogP contribution in [0.25, 0.3) is 0 Å². The van der Waals surface area contributed by atoms with E-state index in [0.29, 0.717) is 23.8 Å². The summed E-state index contributed by atoms with van der Waals surface area (Å²) in [5.41, 5.74) is 3.15. The molecule has 2 aromatic carbocycles. The lowest BCUT2D eigenvalue weighted by atomic mass is 9.98. The summed E-state index contributed by atoms with van der Waals surface area (Å²) >= 11 is 0. The maximum absolute atomic E-state index is 12.7. The van der Waals surface area contributed by atoms with Gasteiger partial charge in [-0.25, -0.2) is 0 Å². The van der Waals surface area contributed by atoms with Gasteiger partial charge in [-0.2, -0.15) is 0 Å². The van der Waals surface area contributed by atoms with Crippen LogP contribution in [0.15, 0.2) is 48.5 Å². The van der Waals surface area contributed by atoms with Crippen LogP contribution in [-0.2, 0) is 4.74 Å². The second-order valence-electron chi connectivity index (χ2n) is 7.43. The van der Waals surface area contributed by atoms with Crippen LogP contribution in [0.3, 0.4) is 0 Å². The van der Waals surface area contributed by atoms with E-state index in [1.54, 1.807) is 19.2 Å². The maximum Gasteiger partial charge on any atom is 0.251 e. The number of hydrogen-bond donors (Lipinski definition) is 1. The van der Waals surface area contributed by atoms with Crippen LogP contribution in [0.5, 0.6) is 5.75 Å². The van der Waals surface area contributed by atoms with Crippen molar-refractivity contribution in [2.24, 2.45) is 0 Å². The molecular formula is C23H30N2O3. The van der Waals surface area contributed by atoms with Gasteiger partial charge in [0.2, 0.25) is 0 Å². The van der Waals surface area contributed by atoms with Gasteiger partial charge >= 0.3 is 0 Å². The first-order valence-corrected chi connectivity index (χ1v) is 9.92. The average molecular weight is 383 g/mol. The van der Waals surface area contributed by atoms with E-state index >= 15 is 0 Å². The Morgan fingerprint density at radius 1 is 1.11 bits per heavy atom. The van der Waals surface area contributed by atoms with E-state index in [1.807, 2.05) is 12.1 Å². The third-order valence-corrected chi connectivity index (χ3v) is 5.26. The lowest BCUT2D eigenvalue weighted by molar-refractivity contribution is 0.0162. The van der Waals surface area contributed by atoms with Gasteiger partial charge in [0.25, 0.3) is 5.91 Å². The monoisotopic (exact) mass is 382 g/mol. The van der Waals surface area contributed by atoms with Crippen molar-refractivity contribution in [3.8, 4) is 5.75 Å². The fourth-order valence-corrected chi connectivity index (χ4v) is 3.51. The summed E-state index contributed by atoms with van der Waals surface area (Å²) in [5, 5.41) is 3.11. The summed E-state index contributed by atoms with van der Waals surface area (Å²) in [6.07, 6.45) is 0. The number of amides is 1. The summed E-state index contributed by atoms with van der Waals surface area (Å²) in [7, 11) is 1.60. The van der Waals surface area contributed by atoms with Gasteiger partial charge in [0.15, 0.2) is 0 Å². The van der Waals surface area contributed by atoms with Gasteiger partial charge < -0.3 is 14.8 Å². The van der Waals surface area contributed by atoms with E-state index in [0.717, 1.165) is 26.3 Å². The van der Waals surface area contributed by atoms with Crippen LogP contribution in [-0.4, -0.2) is 50.8 Å². The number of hydrogen-bond acceptors (Lipinski definition) is 4. The zero-order chi connectivity index (χ0) is 19.9. The van der Waals surface area contributed by atoms with Gasteiger partial charge in [0, 0.05) is 25.2 Å². The molecule has 0 aliphatic carbocycles. The number of benzene rings is 2. The highest BCUT2D eigenvalue weighted by Gasteiger charge is 2.23. The second kappa shape index (κ2) is 9.71. The molecule has 2 aromatic rings. The number of morpholine rings is 1. The first-order valence-electron chi connectivity index (χ1n) is 9.92. The Balaban J connectivity index is 1.74. The van der Waals surface area contributed by atoms with Crippen molar-refractivity contribution in [2.75, 3.05) is 40.0 Å². The van der Waals surface area contributed by atoms with Crippen molar-refractivity contribution < 1.29 is 14.3 Å². The lowest BCUT2D eigenvalue weighted by Crippen LogP contribution is -2.43. The largest absolute Gasteiger partial charge is 0.497 e. The molecule has 0 spiro atoms. The Morgan fingerprint density at radius 3 is 2.43 bits per heavy atom. The van der Waals surface area contributed by atoms with Crippen LogP contribution in [0.2, 0.25) is 0 Å². The van der Waals surface area contributed by atoms with E-state index in [2.05, 4.69) is 48.3 Å². The van der Waals surface area contributed by atoms with Crippen molar-refractivity contribution in [3.05, 3.63) is 65.2 Å². The summed E-state index contributed by atoms with van der Waals surface area (Å²) in [6.45, 7) is 8.13. The Labute approximate surface area is 167 Å². The zero-order valence-electron chi connectivity index (χ0n) is 17.0. The molecule has 5 nitrogen and oxygen atoms in total. The summed E-state index contributed by atoms with van der Waals surface area (Å²) in [6, 6.07) is 16.1. The van der Waals surface area contributed by atoms with Crippen molar-refractivity contribution in [1.29, 1.82) is 0 Å². The minimum atomic E-state index is -0.0871. The standard InChI is InChI=1S/C23H30N2O3/c1-17(2)18-7-9-19(10-8-18)22(25-11-13-28-14-12-25)16-24-23(26)20-5-4-6-21(15-20)27-3/h4-10,15,17,22H,11-14,16H2,1-3H3,(H,24,26)/t22-/m0/s1. The van der Waals surface area contributed by atoms with Crippen LogP contribution in [0.1, 0.15) is 47.3 Å². The SMILES string of the molecule is COc1cccc(C(=O)NC[C@@H](c2ccc(C(C)C)cc2)N2CCOCC2)c1. The number of nitrogens with zero attached hydrogens (tertiary/aromatic N) is 1. The number of rotatable bonds is 7. The van der Waals surface area contributed by atoms with Crippen LogP contribution < -0.4 is 10.1 Å². The Kier molecular flexibility index (Phi) is 7.06. The molecule has 3 rings (SSSR count). The molecule has 1 aliphatic heterocycles. The number of carbonyl (C=O) groups excluding carboxylic acids is 1. The van der Waals surface area contributed by atoms with Gasteiger partial charge in [-0.05, 0) is 35.2 Å². The summed E-state index contributed by atoms with van der Waals surface area (Å²) in [5.74, 6) is 1.10. The van der Waals surface area contributed by atoms with Gasteiger partial charge in [-0.1, -0.05) is 44.2 Å². The molecule has 5 heteroatoms. The fourth-order valence-electron chi connectivity index (χ4n) is 3.51. The molecule has 28 heavy (non-hydrogen) atoms. The first-order chi connectivity index (χ1) is 13.6. The van der Waals surface area contributed by atoms with Crippen molar-refractivity contribution in [2.45, 2.75) is 25.8 Å². The zero-order valence-corrected chi connectivity index (χ0v) is 17.0. The molecule has 1 atom stereocenters. The average Bonchev–Trinajstić information content (AvgIpc) is 2.75. The summed E-state index contributed by atoms with van der Waals surface area (Å²) < 4.78 is 10.7. The highest BCUT2D eigenvalue weighted by molar-refractivity contribution is 5.94. The second-order valence-corrected chi connectivity index (χ2v) is 7.43. The molecule has 0 unspecified atom stereocenters. The van der Waals surface area contributed by atoms with E-state index in [9.17, 15) is 4.79 Å². The molecule has 150 valence electrons. The number of nitrogens with one attached hydrogen (secondary N) is 1. The third kappa shape index (κ3) is 5.12. The Bertz CT molecular complexity index is 768. The van der Waals surface area contributed by atoms with Gasteiger partial charge in [-0.15, -0.1) is 0 Å². The number of ether oxygens (including phenoxy) is 2. The van der Waals surface area contributed by atoms with Crippen LogP contribution >= 0.6 is 0 Å². The number of carbonyl (C=O) groups is 1. The predicted octanol–water partition coefficient (Wildman–Crippen LogP) is 3.62. The quantitative estimate of drug-likeness (QED) is 0.795. The molecule has 0 saturated carbocycles. The van der Waals surface area contributed by atoms with E-state index in [1.165, 1.54) is 11.1 Å². The van der Waals surface area contributed by atoms with Gasteiger partial charge in [0.05, 0.1) is 26.4 Å². The van der Waals surface area contributed by atoms with Crippen LogP contribution in [0, 0.1) is 0 Å². The minimum absolute atomic E-state index is 0.0871. The molecule has 0 radical (unpaired) electrons. The molecule has 1 heterocycles. The third-order valence-electron chi connectivity index (χ3n) is 5.26. The van der Waals surface area contributed by atoms with Gasteiger partial charge in [-0.3, -0.25) is 9.69 Å². The Hall–Kier alpha value is -2.37. The highest BCUT2D eigenvalue weighted by atomic mass is 16.5. The molecule has 1 fully saturated rings. The number of methoxy groups -OCH3 is 1. The lowest BCUT2D eigenvalue weighted by Gasteiger charge is -2.35. The van der Waals surface area contributed by atoms with E-state index in [-0.39, 0.29) is 11.9 Å². The molecule has 1 N–H and O–H groups in total. The highest BCUT2D eigenvalue weighted by Crippen LogP contribution is 2.24. The molecule has 0 bridgehead atoms. The van der Waals surface area contributed by atoms with Crippen molar-refractivity contribution in [1.82, 2.24) is 10.2 Å². The predicted molar refractivity (Wildman–Crippen MR) is 111 cm³/mol. The van der Waals surface area contributed by atoms with Crippen LogP contribution in [0.4, 0.5) is 0 Å².